The second-order valence-corrected chi connectivity index (χ2v) is 8.47. The largest absolute Gasteiger partial charge is 0.496 e. The van der Waals surface area contributed by atoms with Crippen LogP contribution >= 0.6 is 0 Å². The molecule has 0 unspecified atom stereocenters. The SMILES string of the molecule is CCC(=O)N(CC[C@H](c1ccc(OC(C)C)cc1)c1ccccc1OC)Cc1ccccc1. The quantitative estimate of drug-likeness (QED) is 0.341. The first-order valence-electron chi connectivity index (χ1n) is 11.7. The predicted octanol–water partition coefficient (Wildman–Crippen LogP) is 6.44. The molecule has 0 N–H and O–H groups in total. The van der Waals surface area contributed by atoms with Crippen LogP contribution in [0.25, 0.3) is 0 Å². The van der Waals surface area contributed by atoms with E-state index in [9.17, 15) is 4.79 Å². The van der Waals surface area contributed by atoms with E-state index in [0.29, 0.717) is 19.5 Å². The maximum atomic E-state index is 12.8. The van der Waals surface area contributed by atoms with Gasteiger partial charge in [0.25, 0.3) is 0 Å². The molecule has 0 saturated carbocycles. The van der Waals surface area contributed by atoms with Crippen LogP contribution in [0.3, 0.4) is 0 Å². The van der Waals surface area contributed by atoms with Gasteiger partial charge in [0.15, 0.2) is 0 Å². The van der Waals surface area contributed by atoms with Gasteiger partial charge in [-0.2, -0.15) is 0 Å². The average Bonchev–Trinajstić information content (AvgIpc) is 2.84. The minimum Gasteiger partial charge on any atom is -0.496 e. The van der Waals surface area contributed by atoms with E-state index in [1.807, 2.05) is 74.2 Å². The smallest absolute Gasteiger partial charge is 0.222 e. The summed E-state index contributed by atoms with van der Waals surface area (Å²) < 4.78 is 11.5. The van der Waals surface area contributed by atoms with Crippen molar-refractivity contribution in [2.45, 2.75) is 52.2 Å². The maximum absolute atomic E-state index is 12.8. The molecule has 0 fully saturated rings. The number of carbonyl (C=O) groups excluding carboxylic acids is 1. The Labute approximate surface area is 198 Å². The summed E-state index contributed by atoms with van der Waals surface area (Å²) >= 11 is 0. The summed E-state index contributed by atoms with van der Waals surface area (Å²) in [6.07, 6.45) is 1.42. The molecule has 1 amide bonds. The van der Waals surface area contributed by atoms with Crippen molar-refractivity contribution < 1.29 is 14.3 Å². The molecule has 0 bridgehead atoms. The van der Waals surface area contributed by atoms with Gasteiger partial charge in [0, 0.05) is 31.0 Å². The minimum absolute atomic E-state index is 0.0946. The van der Waals surface area contributed by atoms with Crippen LogP contribution in [0.2, 0.25) is 0 Å². The summed E-state index contributed by atoms with van der Waals surface area (Å²) in [5.74, 6) is 1.98. The van der Waals surface area contributed by atoms with E-state index < -0.39 is 0 Å². The molecule has 0 heterocycles. The van der Waals surface area contributed by atoms with E-state index in [-0.39, 0.29) is 17.9 Å². The van der Waals surface area contributed by atoms with Crippen molar-refractivity contribution in [2.75, 3.05) is 13.7 Å². The molecule has 33 heavy (non-hydrogen) atoms. The fourth-order valence-corrected chi connectivity index (χ4v) is 4.11. The van der Waals surface area contributed by atoms with E-state index in [0.717, 1.165) is 29.0 Å². The molecule has 0 spiro atoms. The van der Waals surface area contributed by atoms with Gasteiger partial charge in [0.05, 0.1) is 13.2 Å². The van der Waals surface area contributed by atoms with Crippen molar-refractivity contribution in [3.05, 3.63) is 95.6 Å². The number of carbonyl (C=O) groups is 1. The molecule has 0 aromatic heterocycles. The van der Waals surface area contributed by atoms with Crippen molar-refractivity contribution in [3.63, 3.8) is 0 Å². The van der Waals surface area contributed by atoms with Crippen molar-refractivity contribution in [1.82, 2.24) is 4.90 Å². The zero-order chi connectivity index (χ0) is 23.6. The highest BCUT2D eigenvalue weighted by Crippen LogP contribution is 2.35. The minimum atomic E-state index is 0.0946. The van der Waals surface area contributed by atoms with Crippen LogP contribution in [-0.2, 0) is 11.3 Å². The van der Waals surface area contributed by atoms with E-state index in [4.69, 9.17) is 9.47 Å². The summed E-state index contributed by atoms with van der Waals surface area (Å²) in [6.45, 7) is 7.25. The van der Waals surface area contributed by atoms with Gasteiger partial charge in [-0.1, -0.05) is 67.6 Å². The Morgan fingerprint density at radius 3 is 2.21 bits per heavy atom. The highest BCUT2D eigenvalue weighted by atomic mass is 16.5. The standard InChI is InChI=1S/C29H35NO3/c1-5-29(31)30(21-23-11-7-6-8-12-23)20-19-26(27-13-9-10-14-28(27)32-4)24-15-17-25(18-16-24)33-22(2)3/h6-18,22,26H,5,19-21H2,1-4H3/t26-/m1/s1. The van der Waals surface area contributed by atoms with Crippen molar-refractivity contribution in [2.24, 2.45) is 0 Å². The molecule has 3 rings (SSSR count). The third-order valence-electron chi connectivity index (χ3n) is 5.73. The van der Waals surface area contributed by atoms with Gasteiger partial charge >= 0.3 is 0 Å². The van der Waals surface area contributed by atoms with Crippen LogP contribution in [0.1, 0.15) is 56.2 Å². The highest BCUT2D eigenvalue weighted by Gasteiger charge is 2.21. The topological polar surface area (TPSA) is 38.8 Å². The zero-order valence-corrected chi connectivity index (χ0v) is 20.2. The summed E-state index contributed by atoms with van der Waals surface area (Å²) in [4.78, 5) is 14.7. The molecule has 0 aliphatic rings. The Kier molecular flexibility index (Phi) is 8.94. The van der Waals surface area contributed by atoms with Gasteiger partial charge in [-0.3, -0.25) is 4.79 Å². The Bertz CT molecular complexity index is 999. The Hall–Kier alpha value is -3.27. The fraction of sp³-hybridized carbons (Fsp3) is 0.345. The molecular weight excluding hydrogens is 410 g/mol. The van der Waals surface area contributed by atoms with Crippen molar-refractivity contribution in [3.8, 4) is 11.5 Å². The van der Waals surface area contributed by atoms with Gasteiger partial charge < -0.3 is 14.4 Å². The number of nitrogens with zero attached hydrogens (tertiary/aromatic N) is 1. The van der Waals surface area contributed by atoms with Crippen LogP contribution in [0, 0.1) is 0 Å². The Balaban J connectivity index is 1.87. The molecule has 174 valence electrons. The Morgan fingerprint density at radius 1 is 0.909 bits per heavy atom. The molecule has 0 radical (unpaired) electrons. The van der Waals surface area contributed by atoms with Crippen LogP contribution in [0.15, 0.2) is 78.9 Å². The lowest BCUT2D eigenvalue weighted by molar-refractivity contribution is -0.131. The van der Waals surface area contributed by atoms with Crippen molar-refractivity contribution in [1.29, 1.82) is 0 Å². The summed E-state index contributed by atoms with van der Waals surface area (Å²) in [6, 6.07) is 26.6. The van der Waals surface area contributed by atoms with Crippen LogP contribution in [0.5, 0.6) is 11.5 Å². The van der Waals surface area contributed by atoms with E-state index in [1.165, 1.54) is 5.56 Å². The van der Waals surface area contributed by atoms with Gasteiger partial charge in [-0.25, -0.2) is 0 Å². The number of rotatable bonds is 11. The number of para-hydroxylation sites is 1. The third kappa shape index (κ3) is 6.85. The molecule has 3 aromatic rings. The molecule has 3 aromatic carbocycles. The van der Waals surface area contributed by atoms with Gasteiger partial charge in [-0.15, -0.1) is 0 Å². The van der Waals surface area contributed by atoms with E-state index >= 15 is 0 Å². The molecule has 0 saturated heterocycles. The summed E-state index contributed by atoms with van der Waals surface area (Å²) in [5.41, 5.74) is 3.45. The van der Waals surface area contributed by atoms with Crippen LogP contribution in [-0.4, -0.2) is 30.6 Å². The summed E-state index contributed by atoms with van der Waals surface area (Å²) in [7, 11) is 1.71. The molecule has 0 aliphatic heterocycles. The van der Waals surface area contributed by atoms with Crippen LogP contribution < -0.4 is 9.47 Å². The normalized spacial score (nSPS) is 11.8. The first-order valence-corrected chi connectivity index (χ1v) is 11.7. The van der Waals surface area contributed by atoms with E-state index in [1.54, 1.807) is 7.11 Å². The first kappa shape index (κ1) is 24.4. The number of hydrogen-bond donors (Lipinski definition) is 0. The molecule has 0 aliphatic carbocycles. The lowest BCUT2D eigenvalue weighted by Gasteiger charge is -2.27. The van der Waals surface area contributed by atoms with Gasteiger partial charge in [0.1, 0.15) is 11.5 Å². The lowest BCUT2D eigenvalue weighted by atomic mass is 9.87. The average molecular weight is 446 g/mol. The molecule has 4 heteroatoms. The monoisotopic (exact) mass is 445 g/mol. The zero-order valence-electron chi connectivity index (χ0n) is 20.2. The highest BCUT2D eigenvalue weighted by molar-refractivity contribution is 5.75. The number of benzene rings is 3. The Morgan fingerprint density at radius 2 is 1.58 bits per heavy atom. The van der Waals surface area contributed by atoms with Crippen molar-refractivity contribution >= 4 is 5.91 Å². The second kappa shape index (κ2) is 12.1. The third-order valence-corrected chi connectivity index (χ3v) is 5.73. The number of hydrogen-bond acceptors (Lipinski definition) is 3. The summed E-state index contributed by atoms with van der Waals surface area (Å²) in [5, 5.41) is 0. The lowest BCUT2D eigenvalue weighted by Crippen LogP contribution is -2.31. The number of methoxy groups -OCH3 is 1. The molecule has 4 nitrogen and oxygen atoms in total. The first-order chi connectivity index (χ1) is 16.0. The second-order valence-electron chi connectivity index (χ2n) is 8.47. The molecular formula is C29H35NO3. The van der Waals surface area contributed by atoms with Gasteiger partial charge in [0.2, 0.25) is 5.91 Å². The number of ether oxygens (including phenoxy) is 2. The maximum Gasteiger partial charge on any atom is 0.222 e. The molecule has 1 atom stereocenters. The fourth-order valence-electron chi connectivity index (χ4n) is 4.11. The predicted molar refractivity (Wildman–Crippen MR) is 134 cm³/mol. The number of amides is 1. The van der Waals surface area contributed by atoms with Crippen LogP contribution in [0.4, 0.5) is 0 Å². The van der Waals surface area contributed by atoms with Gasteiger partial charge in [-0.05, 0) is 49.6 Å². The van der Waals surface area contributed by atoms with E-state index in [2.05, 4.69) is 30.3 Å².